The first-order chi connectivity index (χ1) is 9.66. The summed E-state index contributed by atoms with van der Waals surface area (Å²) in [5.41, 5.74) is 0. The Kier molecular flexibility index (Phi) is 8.26. The molecule has 0 bridgehead atoms. The number of nitrogens with one attached hydrogen (secondary N) is 1. The topological polar surface area (TPSA) is 75.6 Å². The van der Waals surface area contributed by atoms with E-state index >= 15 is 0 Å². The summed E-state index contributed by atoms with van der Waals surface area (Å²) in [5, 5.41) is 12.0. The Balaban J connectivity index is 2.19. The number of carbonyl (C=O) groups excluding carboxylic acids is 1. The Morgan fingerprint density at radius 3 is 2.45 bits per heavy atom. The Morgan fingerprint density at radius 2 is 1.80 bits per heavy atom. The molecule has 5 heteroatoms. The fraction of sp³-hybridized carbons (Fsp3) is 0.867. The zero-order chi connectivity index (χ0) is 14.8. The molecule has 2 atom stereocenters. The van der Waals surface area contributed by atoms with Crippen molar-refractivity contribution < 1.29 is 19.4 Å². The van der Waals surface area contributed by atoms with Crippen LogP contribution in [0.1, 0.15) is 51.9 Å². The summed E-state index contributed by atoms with van der Waals surface area (Å²) >= 11 is 0. The van der Waals surface area contributed by atoms with Crippen LogP contribution in [0.25, 0.3) is 0 Å². The molecule has 0 spiro atoms. The number of hydrogen-bond acceptors (Lipinski definition) is 3. The van der Waals surface area contributed by atoms with Gasteiger partial charge in [-0.25, -0.2) is 0 Å². The maximum Gasteiger partial charge on any atom is 0.307 e. The minimum Gasteiger partial charge on any atom is -0.481 e. The normalized spacial score (nSPS) is 22.4. The van der Waals surface area contributed by atoms with Gasteiger partial charge < -0.3 is 15.2 Å². The van der Waals surface area contributed by atoms with Crippen LogP contribution in [0.3, 0.4) is 0 Å². The van der Waals surface area contributed by atoms with Crippen LogP contribution >= 0.6 is 0 Å². The maximum atomic E-state index is 12.0. The number of aliphatic carboxylic acids is 1. The van der Waals surface area contributed by atoms with Crippen molar-refractivity contribution in [2.75, 3.05) is 19.8 Å². The molecule has 1 saturated carbocycles. The molecular formula is C15H27NO4. The number of carbonyl (C=O) groups is 2. The van der Waals surface area contributed by atoms with Gasteiger partial charge in [0.2, 0.25) is 5.91 Å². The van der Waals surface area contributed by atoms with Crippen LogP contribution in [0.5, 0.6) is 0 Å². The molecule has 0 aromatic heterocycles. The number of carboxylic acids is 1. The van der Waals surface area contributed by atoms with Gasteiger partial charge in [-0.15, -0.1) is 0 Å². The van der Waals surface area contributed by atoms with Gasteiger partial charge in [0.05, 0.1) is 11.8 Å². The number of carboxylic acid groups (broad SMARTS) is 1. The lowest BCUT2D eigenvalue weighted by molar-refractivity contribution is -0.148. The summed E-state index contributed by atoms with van der Waals surface area (Å²) < 4.78 is 5.42. The number of hydrogen-bond donors (Lipinski definition) is 2. The second-order valence-electron chi connectivity index (χ2n) is 5.45. The highest BCUT2D eigenvalue weighted by Crippen LogP contribution is 2.30. The fourth-order valence-corrected chi connectivity index (χ4v) is 2.61. The molecule has 2 unspecified atom stereocenters. The van der Waals surface area contributed by atoms with E-state index in [4.69, 9.17) is 9.84 Å². The lowest BCUT2D eigenvalue weighted by Crippen LogP contribution is -2.40. The number of unbranched alkanes of at least 4 members (excludes halogenated alkanes) is 1. The van der Waals surface area contributed by atoms with E-state index in [0.717, 1.165) is 38.7 Å². The van der Waals surface area contributed by atoms with Crippen molar-refractivity contribution in [3.05, 3.63) is 0 Å². The zero-order valence-corrected chi connectivity index (χ0v) is 12.4. The van der Waals surface area contributed by atoms with Crippen molar-refractivity contribution in [1.29, 1.82) is 0 Å². The largest absolute Gasteiger partial charge is 0.481 e. The Bertz CT molecular complexity index is 306. The lowest BCUT2D eigenvalue weighted by atomic mass is 9.79. The van der Waals surface area contributed by atoms with Gasteiger partial charge in [0.15, 0.2) is 0 Å². The highest BCUT2D eigenvalue weighted by molar-refractivity contribution is 5.84. The molecule has 0 saturated heterocycles. The predicted molar refractivity (Wildman–Crippen MR) is 76.4 cm³/mol. The lowest BCUT2D eigenvalue weighted by Gasteiger charge is -2.27. The average molecular weight is 285 g/mol. The zero-order valence-electron chi connectivity index (χ0n) is 12.4. The molecule has 0 aromatic rings. The molecule has 0 aromatic carbocycles. The van der Waals surface area contributed by atoms with E-state index in [1.807, 2.05) is 0 Å². The molecule has 1 rings (SSSR count). The minimum absolute atomic E-state index is 0.106. The van der Waals surface area contributed by atoms with Crippen LogP contribution in [0, 0.1) is 11.8 Å². The second-order valence-corrected chi connectivity index (χ2v) is 5.45. The third-order valence-corrected chi connectivity index (χ3v) is 3.83. The first-order valence-corrected chi connectivity index (χ1v) is 7.75. The highest BCUT2D eigenvalue weighted by atomic mass is 16.5. The van der Waals surface area contributed by atoms with Gasteiger partial charge in [0.25, 0.3) is 0 Å². The SMILES string of the molecule is CCCCOCCCNC(=O)C1CCCCC1C(=O)O. The van der Waals surface area contributed by atoms with Crippen LogP contribution < -0.4 is 5.32 Å². The molecule has 116 valence electrons. The monoisotopic (exact) mass is 285 g/mol. The van der Waals surface area contributed by atoms with Crippen molar-refractivity contribution in [2.45, 2.75) is 51.9 Å². The average Bonchev–Trinajstić information content (AvgIpc) is 2.46. The van der Waals surface area contributed by atoms with Crippen molar-refractivity contribution >= 4 is 11.9 Å². The smallest absolute Gasteiger partial charge is 0.307 e. The van der Waals surface area contributed by atoms with Crippen molar-refractivity contribution in [1.82, 2.24) is 5.32 Å². The van der Waals surface area contributed by atoms with Crippen molar-refractivity contribution in [3.63, 3.8) is 0 Å². The van der Waals surface area contributed by atoms with Crippen LogP contribution in [0.4, 0.5) is 0 Å². The quantitative estimate of drug-likeness (QED) is 0.637. The predicted octanol–water partition coefficient (Wildman–Crippen LogP) is 2.20. The summed E-state index contributed by atoms with van der Waals surface area (Å²) in [6.45, 7) is 4.10. The van der Waals surface area contributed by atoms with E-state index in [9.17, 15) is 9.59 Å². The number of amides is 1. The second kappa shape index (κ2) is 9.75. The molecule has 20 heavy (non-hydrogen) atoms. The van der Waals surface area contributed by atoms with Gasteiger partial charge in [0, 0.05) is 19.8 Å². The van der Waals surface area contributed by atoms with Gasteiger partial charge in [0.1, 0.15) is 0 Å². The van der Waals surface area contributed by atoms with E-state index in [-0.39, 0.29) is 11.8 Å². The van der Waals surface area contributed by atoms with E-state index in [1.165, 1.54) is 0 Å². The molecular weight excluding hydrogens is 258 g/mol. The Labute approximate surface area is 121 Å². The summed E-state index contributed by atoms with van der Waals surface area (Å²) in [7, 11) is 0. The third-order valence-electron chi connectivity index (χ3n) is 3.83. The molecule has 0 heterocycles. The summed E-state index contributed by atoms with van der Waals surface area (Å²) in [5.74, 6) is -1.81. The van der Waals surface area contributed by atoms with Crippen LogP contribution in [-0.4, -0.2) is 36.7 Å². The first-order valence-electron chi connectivity index (χ1n) is 7.75. The minimum atomic E-state index is -0.840. The Hall–Kier alpha value is -1.10. The molecule has 1 aliphatic rings. The molecule has 1 aliphatic carbocycles. The molecule has 5 nitrogen and oxygen atoms in total. The van der Waals surface area contributed by atoms with E-state index in [2.05, 4.69) is 12.2 Å². The maximum absolute atomic E-state index is 12.0. The molecule has 1 amide bonds. The van der Waals surface area contributed by atoms with E-state index in [1.54, 1.807) is 0 Å². The van der Waals surface area contributed by atoms with Gasteiger partial charge in [-0.1, -0.05) is 26.2 Å². The molecule has 2 N–H and O–H groups in total. The van der Waals surface area contributed by atoms with Gasteiger partial charge in [-0.05, 0) is 25.7 Å². The highest BCUT2D eigenvalue weighted by Gasteiger charge is 2.35. The van der Waals surface area contributed by atoms with Crippen LogP contribution in [-0.2, 0) is 14.3 Å². The van der Waals surface area contributed by atoms with Crippen LogP contribution in [0.2, 0.25) is 0 Å². The summed E-state index contributed by atoms with van der Waals surface area (Å²) in [6, 6.07) is 0. The summed E-state index contributed by atoms with van der Waals surface area (Å²) in [4.78, 5) is 23.2. The third kappa shape index (κ3) is 5.90. The molecule has 0 aliphatic heterocycles. The number of ether oxygens (including phenoxy) is 1. The Morgan fingerprint density at radius 1 is 1.15 bits per heavy atom. The first kappa shape index (κ1) is 17.0. The van der Waals surface area contributed by atoms with Crippen LogP contribution in [0.15, 0.2) is 0 Å². The molecule has 0 radical (unpaired) electrons. The van der Waals surface area contributed by atoms with Crippen molar-refractivity contribution in [3.8, 4) is 0 Å². The van der Waals surface area contributed by atoms with E-state index in [0.29, 0.717) is 26.0 Å². The van der Waals surface area contributed by atoms with Gasteiger partial charge >= 0.3 is 5.97 Å². The van der Waals surface area contributed by atoms with Gasteiger partial charge in [-0.2, -0.15) is 0 Å². The van der Waals surface area contributed by atoms with Crippen molar-refractivity contribution in [2.24, 2.45) is 11.8 Å². The molecule has 1 fully saturated rings. The van der Waals surface area contributed by atoms with Gasteiger partial charge in [-0.3, -0.25) is 9.59 Å². The number of rotatable bonds is 9. The van der Waals surface area contributed by atoms with E-state index < -0.39 is 11.9 Å². The fourth-order valence-electron chi connectivity index (χ4n) is 2.61. The standard InChI is InChI=1S/C15H27NO4/c1-2-3-10-20-11-6-9-16-14(17)12-7-4-5-8-13(12)15(18)19/h12-13H,2-11H2,1H3,(H,16,17)(H,18,19). The summed E-state index contributed by atoms with van der Waals surface area (Å²) in [6.07, 6.45) is 6.13.